The summed E-state index contributed by atoms with van der Waals surface area (Å²) in [5.41, 5.74) is 2.94. The van der Waals surface area contributed by atoms with Crippen molar-refractivity contribution in [3.05, 3.63) is 48.8 Å². The third-order valence-corrected chi connectivity index (χ3v) is 7.09. The van der Waals surface area contributed by atoms with Gasteiger partial charge in [0.05, 0.1) is 18.5 Å². The average molecular weight is 586 g/mol. The smallest absolute Gasteiger partial charge is 0.221 e. The zero-order chi connectivity index (χ0) is 20.5. The molecular weight excluding hydrogens is 574 g/mol. The molecule has 13 heteroatoms. The molecule has 0 saturated carbocycles. The highest BCUT2D eigenvalue weighted by Gasteiger charge is 2.22. The quantitative estimate of drug-likeness (QED) is 0.411. The maximum atomic E-state index is 11.2. The molecule has 3 aromatic rings. The Morgan fingerprint density at radius 3 is 2.52 bits per heavy atom. The van der Waals surface area contributed by atoms with Gasteiger partial charge in [-0.15, -0.1) is 15.3 Å². The molecule has 1 aromatic carbocycles. The van der Waals surface area contributed by atoms with Gasteiger partial charge in [0.25, 0.3) is 0 Å². The Morgan fingerprint density at radius 1 is 1.07 bits per heavy atom. The number of rotatable bonds is 6. The molecule has 2 aromatic heterocycles. The SMILES string of the molecule is CC(=O)Cn1nnc(C2=NN=C(c3cn(Cc4cc(Br)c(Br)c(Br)c4)nn3)C2)n1. The van der Waals surface area contributed by atoms with Crippen molar-refractivity contribution in [3.8, 4) is 0 Å². The first kappa shape index (κ1) is 20.2. The lowest BCUT2D eigenvalue weighted by molar-refractivity contribution is -0.117. The first-order valence-corrected chi connectivity index (χ1v) is 10.7. The monoisotopic (exact) mass is 583 g/mol. The second-order valence-electron chi connectivity index (χ2n) is 6.29. The maximum Gasteiger partial charge on any atom is 0.221 e. The van der Waals surface area contributed by atoms with E-state index in [1.807, 2.05) is 18.3 Å². The second-order valence-corrected chi connectivity index (χ2v) is 8.79. The van der Waals surface area contributed by atoms with Gasteiger partial charge < -0.3 is 0 Å². The molecular formula is C16H12Br3N9O. The standard InChI is InChI=1S/C16H12Br3N9O/c1-8(29)5-28-24-16(23-26-28)13-4-12(20-21-13)14-7-27(25-22-14)6-9-2-10(17)15(19)11(18)3-9/h2-3,7H,4-6H2,1H3. The van der Waals surface area contributed by atoms with Crippen LogP contribution < -0.4 is 0 Å². The largest absolute Gasteiger partial charge is 0.298 e. The molecule has 1 aliphatic heterocycles. The van der Waals surface area contributed by atoms with E-state index in [1.165, 1.54) is 11.7 Å². The Kier molecular flexibility index (Phi) is 5.79. The van der Waals surface area contributed by atoms with Gasteiger partial charge in [-0.25, -0.2) is 4.68 Å². The Hall–Kier alpha value is -2.12. The first-order valence-electron chi connectivity index (χ1n) is 8.34. The molecule has 10 nitrogen and oxygen atoms in total. The normalized spacial score (nSPS) is 13.5. The third-order valence-electron chi connectivity index (χ3n) is 3.92. The summed E-state index contributed by atoms with van der Waals surface area (Å²) in [6.07, 6.45) is 2.24. The number of benzene rings is 1. The van der Waals surface area contributed by atoms with Crippen LogP contribution in [0.2, 0.25) is 0 Å². The summed E-state index contributed by atoms with van der Waals surface area (Å²) >= 11 is 10.5. The minimum absolute atomic E-state index is 0.0549. The Bertz CT molecular complexity index is 1140. The van der Waals surface area contributed by atoms with E-state index in [0.29, 0.717) is 35.9 Å². The number of tetrazole rings is 1. The van der Waals surface area contributed by atoms with Gasteiger partial charge >= 0.3 is 0 Å². The van der Waals surface area contributed by atoms with Crippen LogP contribution in [0.5, 0.6) is 0 Å². The fourth-order valence-electron chi connectivity index (χ4n) is 2.63. The topological polar surface area (TPSA) is 116 Å². The lowest BCUT2D eigenvalue weighted by Gasteiger charge is -2.05. The van der Waals surface area contributed by atoms with Gasteiger partial charge in [-0.2, -0.15) is 15.0 Å². The number of hydrogen-bond acceptors (Lipinski definition) is 8. The summed E-state index contributed by atoms with van der Waals surface area (Å²) in [6.45, 7) is 2.09. The van der Waals surface area contributed by atoms with E-state index in [9.17, 15) is 4.79 Å². The molecule has 0 fully saturated rings. The summed E-state index contributed by atoms with van der Waals surface area (Å²) in [6, 6.07) is 4.03. The van der Waals surface area contributed by atoms with Crippen molar-refractivity contribution in [3.63, 3.8) is 0 Å². The number of carbonyl (C=O) groups excluding carboxylic acids is 1. The van der Waals surface area contributed by atoms with Gasteiger partial charge in [0.1, 0.15) is 18.0 Å². The van der Waals surface area contributed by atoms with Crippen molar-refractivity contribution < 1.29 is 4.79 Å². The zero-order valence-corrected chi connectivity index (χ0v) is 19.7. The van der Waals surface area contributed by atoms with Crippen LogP contribution in [-0.4, -0.2) is 52.4 Å². The maximum absolute atomic E-state index is 11.2. The highest BCUT2D eigenvalue weighted by atomic mass is 79.9. The van der Waals surface area contributed by atoms with Crippen LogP contribution in [0.25, 0.3) is 0 Å². The minimum atomic E-state index is -0.0549. The molecule has 0 atom stereocenters. The molecule has 0 N–H and O–H groups in total. The van der Waals surface area contributed by atoms with E-state index in [1.54, 1.807) is 4.68 Å². The Morgan fingerprint density at radius 2 is 1.79 bits per heavy atom. The van der Waals surface area contributed by atoms with Gasteiger partial charge in [-0.05, 0) is 77.6 Å². The van der Waals surface area contributed by atoms with E-state index in [4.69, 9.17) is 0 Å². The molecule has 0 radical (unpaired) electrons. The van der Waals surface area contributed by atoms with E-state index < -0.39 is 0 Å². The van der Waals surface area contributed by atoms with Crippen molar-refractivity contribution in [1.29, 1.82) is 0 Å². The number of carbonyl (C=O) groups is 1. The van der Waals surface area contributed by atoms with Crippen LogP contribution in [0.3, 0.4) is 0 Å². The molecule has 0 bridgehead atoms. The number of nitrogens with zero attached hydrogens (tertiary/aromatic N) is 9. The van der Waals surface area contributed by atoms with Crippen molar-refractivity contribution in [1.82, 2.24) is 35.2 Å². The van der Waals surface area contributed by atoms with Crippen LogP contribution in [0.15, 0.2) is 42.0 Å². The number of halogens is 3. The van der Waals surface area contributed by atoms with Gasteiger partial charge in [-0.1, -0.05) is 5.21 Å². The van der Waals surface area contributed by atoms with Gasteiger partial charge in [-0.3, -0.25) is 4.79 Å². The van der Waals surface area contributed by atoms with Crippen LogP contribution in [0, 0.1) is 0 Å². The van der Waals surface area contributed by atoms with Gasteiger partial charge in [0.2, 0.25) is 5.82 Å². The number of ketones is 1. The molecule has 4 rings (SSSR count). The average Bonchev–Trinajstić information content (AvgIpc) is 3.39. The predicted octanol–water partition coefficient (Wildman–Crippen LogP) is 2.79. The highest BCUT2D eigenvalue weighted by Crippen LogP contribution is 2.32. The molecule has 0 aliphatic carbocycles. The van der Waals surface area contributed by atoms with Crippen LogP contribution in [0.4, 0.5) is 0 Å². The minimum Gasteiger partial charge on any atom is -0.298 e. The molecule has 1 aliphatic rings. The second kappa shape index (κ2) is 8.32. The molecule has 0 amide bonds. The van der Waals surface area contributed by atoms with Crippen LogP contribution in [0.1, 0.15) is 30.4 Å². The summed E-state index contributed by atoms with van der Waals surface area (Å²) in [5.74, 6) is 0.294. The van der Waals surface area contributed by atoms with Crippen LogP contribution in [-0.2, 0) is 17.9 Å². The predicted molar refractivity (Wildman–Crippen MR) is 115 cm³/mol. The van der Waals surface area contributed by atoms with E-state index in [2.05, 4.69) is 83.7 Å². The zero-order valence-electron chi connectivity index (χ0n) is 14.9. The van der Waals surface area contributed by atoms with Gasteiger partial charge in [0, 0.05) is 19.8 Å². The number of aromatic nitrogens is 7. The lowest BCUT2D eigenvalue weighted by atomic mass is 10.1. The molecule has 0 unspecified atom stereocenters. The Labute approximate surface area is 189 Å². The number of Topliss-reactive ketones (excluding diaryl/α,β-unsaturated/α-hetero) is 1. The van der Waals surface area contributed by atoms with Crippen molar-refractivity contribution in [2.75, 3.05) is 0 Å². The van der Waals surface area contributed by atoms with E-state index in [-0.39, 0.29) is 12.3 Å². The summed E-state index contributed by atoms with van der Waals surface area (Å²) in [7, 11) is 0. The van der Waals surface area contributed by atoms with Crippen molar-refractivity contribution in [2.45, 2.75) is 26.4 Å². The van der Waals surface area contributed by atoms with Crippen molar-refractivity contribution in [2.24, 2.45) is 10.2 Å². The Balaban J connectivity index is 1.43. The summed E-state index contributed by atoms with van der Waals surface area (Å²) in [4.78, 5) is 12.4. The van der Waals surface area contributed by atoms with E-state index >= 15 is 0 Å². The molecule has 0 saturated heterocycles. The highest BCUT2D eigenvalue weighted by molar-refractivity contribution is 9.14. The van der Waals surface area contributed by atoms with Crippen molar-refractivity contribution >= 4 is 65.0 Å². The summed E-state index contributed by atoms with van der Waals surface area (Å²) in [5, 5.41) is 28.6. The molecule has 3 heterocycles. The fourth-order valence-corrected chi connectivity index (χ4v) is 4.14. The molecule has 29 heavy (non-hydrogen) atoms. The fraction of sp³-hybridized carbons (Fsp3) is 0.250. The lowest BCUT2D eigenvalue weighted by Crippen LogP contribution is -2.11. The number of hydrogen-bond donors (Lipinski definition) is 0. The summed E-state index contributed by atoms with van der Waals surface area (Å²) < 4.78 is 4.59. The van der Waals surface area contributed by atoms with E-state index in [0.717, 1.165) is 19.0 Å². The van der Waals surface area contributed by atoms with Gasteiger partial charge in [0.15, 0.2) is 5.78 Å². The first-order chi connectivity index (χ1) is 13.9. The molecule has 148 valence electrons. The molecule has 0 spiro atoms. The van der Waals surface area contributed by atoms with Crippen LogP contribution >= 0.6 is 47.8 Å². The third kappa shape index (κ3) is 4.56.